The first-order valence-corrected chi connectivity index (χ1v) is 8.34. The summed E-state index contributed by atoms with van der Waals surface area (Å²) in [5.41, 5.74) is 3.86. The maximum absolute atomic E-state index is 5.92. The Labute approximate surface area is 149 Å². The van der Waals surface area contributed by atoms with Crippen LogP contribution in [0.15, 0.2) is 65.3 Å². The van der Waals surface area contributed by atoms with E-state index in [1.54, 1.807) is 18.3 Å². The van der Waals surface area contributed by atoms with Crippen molar-refractivity contribution in [2.75, 3.05) is 0 Å². The smallest absolute Gasteiger partial charge is 0.258 e. The molecule has 0 saturated carbocycles. The van der Waals surface area contributed by atoms with Gasteiger partial charge < -0.3 is 4.52 Å². The summed E-state index contributed by atoms with van der Waals surface area (Å²) >= 11 is 5.92. The van der Waals surface area contributed by atoms with Gasteiger partial charge in [0.05, 0.1) is 5.69 Å². The van der Waals surface area contributed by atoms with E-state index in [0.29, 0.717) is 16.7 Å². The van der Waals surface area contributed by atoms with Crippen molar-refractivity contribution in [2.45, 2.75) is 13.5 Å². The first-order chi connectivity index (χ1) is 12.2. The lowest BCUT2D eigenvalue weighted by molar-refractivity contribution is 0.432. The van der Waals surface area contributed by atoms with E-state index < -0.39 is 0 Å². The maximum Gasteiger partial charge on any atom is 0.258 e. The predicted molar refractivity (Wildman–Crippen MR) is 97.1 cm³/mol. The highest BCUT2D eigenvalue weighted by molar-refractivity contribution is 6.30. The summed E-state index contributed by atoms with van der Waals surface area (Å²) in [4.78, 5) is 4.50. The molecule has 124 valence electrons. The molecule has 0 bridgehead atoms. The predicted octanol–water partition coefficient (Wildman–Crippen LogP) is 4.94. The molecule has 0 aliphatic rings. The molecule has 5 nitrogen and oxygen atoms in total. The van der Waals surface area contributed by atoms with Crippen LogP contribution in [-0.4, -0.2) is 19.9 Å². The minimum atomic E-state index is 0.468. The SMILES string of the molecule is CCn1nccc1-c1cccc(-c2noc(-c3ccc(Cl)cc3)n2)c1. The lowest BCUT2D eigenvalue weighted by atomic mass is 10.1. The molecule has 2 heterocycles. The largest absolute Gasteiger partial charge is 0.334 e. The van der Waals surface area contributed by atoms with Crippen molar-refractivity contribution in [1.29, 1.82) is 0 Å². The monoisotopic (exact) mass is 350 g/mol. The van der Waals surface area contributed by atoms with Crippen LogP contribution in [0, 0.1) is 0 Å². The zero-order valence-electron chi connectivity index (χ0n) is 13.6. The lowest BCUT2D eigenvalue weighted by Crippen LogP contribution is -1.98. The van der Waals surface area contributed by atoms with Gasteiger partial charge in [0.15, 0.2) is 0 Å². The van der Waals surface area contributed by atoms with Crippen molar-refractivity contribution in [3.05, 3.63) is 65.8 Å². The molecule has 0 saturated heterocycles. The van der Waals surface area contributed by atoms with Crippen LogP contribution in [0.2, 0.25) is 5.02 Å². The first-order valence-electron chi connectivity index (χ1n) is 7.97. The number of halogens is 1. The van der Waals surface area contributed by atoms with Crippen LogP contribution in [0.5, 0.6) is 0 Å². The Morgan fingerprint density at radius 1 is 1.00 bits per heavy atom. The van der Waals surface area contributed by atoms with Crippen molar-refractivity contribution in [3.63, 3.8) is 0 Å². The summed E-state index contributed by atoms with van der Waals surface area (Å²) < 4.78 is 7.35. The average molecular weight is 351 g/mol. The van der Waals surface area contributed by atoms with Crippen LogP contribution < -0.4 is 0 Å². The first kappa shape index (κ1) is 15.6. The summed E-state index contributed by atoms with van der Waals surface area (Å²) in [5, 5.41) is 9.10. The molecule has 0 amide bonds. The third-order valence-electron chi connectivity index (χ3n) is 3.95. The zero-order chi connectivity index (χ0) is 17.2. The summed E-state index contributed by atoms with van der Waals surface area (Å²) in [5.74, 6) is 1.02. The second kappa shape index (κ2) is 6.53. The normalized spacial score (nSPS) is 11.0. The van der Waals surface area contributed by atoms with Crippen molar-refractivity contribution in [2.24, 2.45) is 0 Å². The van der Waals surface area contributed by atoms with E-state index in [0.717, 1.165) is 28.9 Å². The summed E-state index contributed by atoms with van der Waals surface area (Å²) in [7, 11) is 0. The number of benzene rings is 2. The molecule has 2 aromatic carbocycles. The van der Waals surface area contributed by atoms with E-state index in [1.165, 1.54) is 0 Å². The van der Waals surface area contributed by atoms with Gasteiger partial charge in [0.2, 0.25) is 5.82 Å². The van der Waals surface area contributed by atoms with Crippen LogP contribution in [0.3, 0.4) is 0 Å². The number of nitrogens with zero attached hydrogens (tertiary/aromatic N) is 4. The molecule has 0 fully saturated rings. The van der Waals surface area contributed by atoms with Gasteiger partial charge >= 0.3 is 0 Å². The van der Waals surface area contributed by atoms with Gasteiger partial charge in [-0.05, 0) is 43.3 Å². The van der Waals surface area contributed by atoms with Crippen molar-refractivity contribution >= 4 is 11.6 Å². The zero-order valence-corrected chi connectivity index (χ0v) is 14.3. The van der Waals surface area contributed by atoms with Gasteiger partial charge in [-0.2, -0.15) is 10.1 Å². The van der Waals surface area contributed by atoms with Crippen LogP contribution in [0.25, 0.3) is 34.1 Å². The molecule has 0 aliphatic heterocycles. The fourth-order valence-electron chi connectivity index (χ4n) is 2.70. The fraction of sp³-hybridized carbons (Fsp3) is 0.105. The number of aryl methyl sites for hydroxylation is 1. The van der Waals surface area contributed by atoms with E-state index in [9.17, 15) is 0 Å². The van der Waals surface area contributed by atoms with Crippen LogP contribution in [-0.2, 0) is 6.54 Å². The molecule has 4 aromatic rings. The fourth-order valence-corrected chi connectivity index (χ4v) is 2.82. The van der Waals surface area contributed by atoms with E-state index in [-0.39, 0.29) is 0 Å². The Bertz CT molecular complexity index is 1000. The molecule has 0 spiro atoms. The third-order valence-corrected chi connectivity index (χ3v) is 4.20. The van der Waals surface area contributed by atoms with Gasteiger partial charge in [-0.15, -0.1) is 0 Å². The molecule has 25 heavy (non-hydrogen) atoms. The minimum absolute atomic E-state index is 0.468. The molecule has 0 radical (unpaired) electrons. The second-order valence-corrected chi connectivity index (χ2v) is 5.98. The summed E-state index contributed by atoms with van der Waals surface area (Å²) in [6, 6.07) is 17.3. The van der Waals surface area contributed by atoms with Crippen LogP contribution >= 0.6 is 11.6 Å². The molecular formula is C19H15ClN4O. The summed E-state index contributed by atoms with van der Waals surface area (Å²) in [6.45, 7) is 2.88. The highest BCUT2D eigenvalue weighted by Gasteiger charge is 2.12. The number of aromatic nitrogens is 4. The lowest BCUT2D eigenvalue weighted by Gasteiger charge is -2.05. The highest BCUT2D eigenvalue weighted by Crippen LogP contribution is 2.27. The van der Waals surface area contributed by atoms with E-state index >= 15 is 0 Å². The molecule has 0 unspecified atom stereocenters. The Hall–Kier alpha value is -2.92. The molecule has 0 atom stereocenters. The topological polar surface area (TPSA) is 56.7 Å². The Morgan fingerprint density at radius 3 is 2.60 bits per heavy atom. The van der Waals surface area contributed by atoms with Crippen molar-refractivity contribution in [1.82, 2.24) is 19.9 Å². The molecular weight excluding hydrogens is 336 g/mol. The Morgan fingerprint density at radius 2 is 1.80 bits per heavy atom. The van der Waals surface area contributed by atoms with E-state index in [1.807, 2.05) is 47.1 Å². The van der Waals surface area contributed by atoms with E-state index in [2.05, 4.69) is 22.2 Å². The van der Waals surface area contributed by atoms with Gasteiger partial charge in [-0.1, -0.05) is 35.0 Å². The summed E-state index contributed by atoms with van der Waals surface area (Å²) in [6.07, 6.45) is 1.80. The van der Waals surface area contributed by atoms with Crippen molar-refractivity contribution < 1.29 is 4.52 Å². The number of hydrogen-bond donors (Lipinski definition) is 0. The molecule has 4 rings (SSSR count). The van der Waals surface area contributed by atoms with Crippen molar-refractivity contribution in [3.8, 4) is 34.1 Å². The Balaban J connectivity index is 1.69. The maximum atomic E-state index is 5.92. The Kier molecular flexibility index (Phi) is 4.07. The number of hydrogen-bond acceptors (Lipinski definition) is 4. The third kappa shape index (κ3) is 3.06. The standard InChI is InChI=1S/C19H15ClN4O/c1-2-24-17(10-11-21-24)14-4-3-5-15(12-14)18-22-19(25-23-18)13-6-8-16(20)9-7-13/h3-12H,2H2,1H3. The minimum Gasteiger partial charge on any atom is -0.334 e. The van der Waals surface area contributed by atoms with Gasteiger partial charge in [0.1, 0.15) is 0 Å². The average Bonchev–Trinajstić information content (AvgIpc) is 3.32. The molecule has 0 N–H and O–H groups in total. The molecule has 2 aromatic heterocycles. The van der Waals surface area contributed by atoms with Gasteiger partial charge in [0, 0.05) is 34.5 Å². The van der Waals surface area contributed by atoms with E-state index in [4.69, 9.17) is 16.1 Å². The number of rotatable bonds is 4. The highest BCUT2D eigenvalue weighted by atomic mass is 35.5. The second-order valence-electron chi connectivity index (χ2n) is 5.54. The van der Waals surface area contributed by atoms with Gasteiger partial charge in [-0.25, -0.2) is 0 Å². The molecule has 6 heteroatoms. The van der Waals surface area contributed by atoms with Gasteiger partial charge in [0.25, 0.3) is 5.89 Å². The van der Waals surface area contributed by atoms with Gasteiger partial charge in [-0.3, -0.25) is 4.68 Å². The quantitative estimate of drug-likeness (QED) is 0.523. The van der Waals surface area contributed by atoms with Crippen LogP contribution in [0.1, 0.15) is 6.92 Å². The molecule has 0 aliphatic carbocycles. The van der Waals surface area contributed by atoms with Crippen LogP contribution in [0.4, 0.5) is 0 Å².